The van der Waals surface area contributed by atoms with Crippen LogP contribution < -0.4 is 31.1 Å². The first-order valence-corrected chi connectivity index (χ1v) is 23.8. The highest BCUT2D eigenvalue weighted by molar-refractivity contribution is 7.00. The molecule has 0 amide bonds. The van der Waals surface area contributed by atoms with Gasteiger partial charge in [-0.05, 0) is 170 Å². The molecule has 0 spiro atoms. The highest BCUT2D eigenvalue weighted by atomic mass is 15.2. The lowest BCUT2D eigenvalue weighted by molar-refractivity contribution is 1.24. The number of benzene rings is 9. The van der Waals surface area contributed by atoms with Crippen LogP contribution in [-0.2, 0) is 0 Å². The molecule has 4 heterocycles. The van der Waals surface area contributed by atoms with Crippen molar-refractivity contribution in [1.82, 2.24) is 9.97 Å². The second-order valence-corrected chi connectivity index (χ2v) is 17.9. The number of pyridine rings is 2. The Labute approximate surface area is 409 Å². The van der Waals surface area contributed by atoms with E-state index in [4.69, 9.17) is 0 Å². The van der Waals surface area contributed by atoms with Crippen LogP contribution in [-0.4, -0.2) is 16.7 Å². The normalized spacial score (nSPS) is 12.2. The minimum atomic E-state index is -0.0974. The molecule has 5 nitrogen and oxygen atoms in total. The number of aromatic nitrogens is 2. The van der Waals surface area contributed by atoms with Crippen molar-refractivity contribution in [1.29, 1.82) is 0 Å². The minimum absolute atomic E-state index is 0.0974. The van der Waals surface area contributed by atoms with Crippen molar-refractivity contribution >= 4 is 74.3 Å². The Morgan fingerprint density at radius 1 is 0.286 bits per heavy atom. The van der Waals surface area contributed by atoms with Gasteiger partial charge in [-0.1, -0.05) is 133 Å². The lowest BCUT2D eigenvalue weighted by Gasteiger charge is -2.45. The third-order valence-electron chi connectivity index (χ3n) is 13.8. The fraction of sp³-hybridized carbons (Fsp3) is 0. The van der Waals surface area contributed by atoms with Crippen LogP contribution in [0.5, 0.6) is 0 Å². The van der Waals surface area contributed by atoms with E-state index in [1.165, 1.54) is 22.0 Å². The van der Waals surface area contributed by atoms with E-state index >= 15 is 0 Å². The Bertz CT molecular complexity index is 3560. The van der Waals surface area contributed by atoms with Gasteiger partial charge in [0.1, 0.15) is 0 Å². The van der Waals surface area contributed by atoms with Crippen LogP contribution >= 0.6 is 0 Å². The fourth-order valence-electron chi connectivity index (χ4n) is 10.6. The SMILES string of the molecule is c1ccc(-c2ccc3c(c2)N(c2cc(-c4ccncc4)cc(-c4ccncc4)c2)c2cc(-c4ccccc4)cc4c2B3c2ccc(N(c3ccccc3)c3ccccc3)cc2N4c2ccccc2)cc1. The first-order valence-electron chi connectivity index (χ1n) is 23.8. The summed E-state index contributed by atoms with van der Waals surface area (Å²) in [6.45, 7) is -0.0974. The van der Waals surface area contributed by atoms with Crippen LogP contribution in [0.1, 0.15) is 0 Å². The maximum Gasteiger partial charge on any atom is 0.252 e. The van der Waals surface area contributed by atoms with Crippen LogP contribution in [0, 0.1) is 0 Å². The molecule has 0 bridgehead atoms. The van der Waals surface area contributed by atoms with Crippen molar-refractivity contribution < 1.29 is 0 Å². The van der Waals surface area contributed by atoms with E-state index in [1.807, 2.05) is 24.8 Å². The van der Waals surface area contributed by atoms with Gasteiger partial charge in [-0.25, -0.2) is 0 Å². The summed E-state index contributed by atoms with van der Waals surface area (Å²) in [5, 5.41) is 0. The van der Waals surface area contributed by atoms with Gasteiger partial charge in [-0.15, -0.1) is 0 Å². The lowest BCUT2D eigenvalue weighted by atomic mass is 9.33. The average molecular weight is 894 g/mol. The Morgan fingerprint density at radius 3 is 1.24 bits per heavy atom. The fourth-order valence-corrected chi connectivity index (χ4v) is 10.6. The molecule has 0 saturated heterocycles. The quantitative estimate of drug-likeness (QED) is 0.135. The number of fused-ring (bicyclic) bond motifs is 4. The zero-order valence-corrected chi connectivity index (χ0v) is 38.2. The second-order valence-electron chi connectivity index (χ2n) is 17.9. The summed E-state index contributed by atoms with van der Waals surface area (Å²) in [5.74, 6) is 0. The van der Waals surface area contributed by atoms with Crippen LogP contribution in [0.4, 0.5) is 51.2 Å². The molecule has 0 radical (unpaired) electrons. The molecule has 0 aliphatic carbocycles. The summed E-state index contributed by atoms with van der Waals surface area (Å²) in [6.07, 6.45) is 7.50. The van der Waals surface area contributed by atoms with Gasteiger partial charge in [0.25, 0.3) is 6.71 Å². The largest absolute Gasteiger partial charge is 0.311 e. The van der Waals surface area contributed by atoms with Gasteiger partial charge in [0.05, 0.1) is 0 Å². The van der Waals surface area contributed by atoms with E-state index in [2.05, 4.69) is 267 Å². The van der Waals surface area contributed by atoms with E-state index in [-0.39, 0.29) is 6.71 Å². The lowest BCUT2D eigenvalue weighted by Crippen LogP contribution is -2.61. The molecule has 0 N–H and O–H groups in total. The van der Waals surface area contributed by atoms with Gasteiger partial charge in [-0.3, -0.25) is 9.97 Å². The van der Waals surface area contributed by atoms with Gasteiger partial charge in [0, 0.05) is 76.0 Å². The van der Waals surface area contributed by atoms with E-state index in [0.29, 0.717) is 0 Å². The summed E-state index contributed by atoms with van der Waals surface area (Å²) in [7, 11) is 0. The van der Waals surface area contributed by atoms with E-state index in [0.717, 1.165) is 90.1 Å². The van der Waals surface area contributed by atoms with E-state index < -0.39 is 0 Å². The molecule has 328 valence electrons. The minimum Gasteiger partial charge on any atom is -0.311 e. The molecule has 0 atom stereocenters. The first kappa shape index (κ1) is 41.0. The topological polar surface area (TPSA) is 35.5 Å². The monoisotopic (exact) mass is 893 g/mol. The van der Waals surface area contributed by atoms with Crippen LogP contribution in [0.2, 0.25) is 0 Å². The second kappa shape index (κ2) is 17.4. The Morgan fingerprint density at radius 2 is 0.700 bits per heavy atom. The molecule has 0 saturated carbocycles. The molecular formula is C64H44BN5. The highest BCUT2D eigenvalue weighted by Crippen LogP contribution is 2.49. The molecule has 2 aliphatic rings. The van der Waals surface area contributed by atoms with Gasteiger partial charge in [-0.2, -0.15) is 0 Å². The number of rotatable bonds is 9. The zero-order valence-electron chi connectivity index (χ0n) is 38.2. The number of hydrogen-bond donors (Lipinski definition) is 0. The number of hydrogen-bond acceptors (Lipinski definition) is 5. The Hall–Kier alpha value is -9.26. The van der Waals surface area contributed by atoms with E-state index in [9.17, 15) is 0 Å². The van der Waals surface area contributed by atoms with E-state index in [1.54, 1.807) is 0 Å². The van der Waals surface area contributed by atoms with Gasteiger partial charge in [0.2, 0.25) is 0 Å². The molecule has 11 aromatic rings. The predicted octanol–water partition coefficient (Wildman–Crippen LogP) is 14.7. The number of nitrogens with zero attached hydrogens (tertiary/aromatic N) is 5. The average Bonchev–Trinajstić information content (AvgIpc) is 3.44. The zero-order chi connectivity index (χ0) is 46.4. The molecule has 2 aromatic heterocycles. The molecule has 70 heavy (non-hydrogen) atoms. The molecule has 13 rings (SSSR count). The van der Waals surface area contributed by atoms with Crippen molar-refractivity contribution in [2.24, 2.45) is 0 Å². The van der Waals surface area contributed by atoms with Crippen molar-refractivity contribution in [3.63, 3.8) is 0 Å². The van der Waals surface area contributed by atoms with Crippen molar-refractivity contribution in [3.05, 3.63) is 267 Å². The van der Waals surface area contributed by atoms with Crippen LogP contribution in [0.3, 0.4) is 0 Å². The smallest absolute Gasteiger partial charge is 0.252 e. The molecular weight excluding hydrogens is 850 g/mol. The Kier molecular flexibility index (Phi) is 10.2. The van der Waals surface area contributed by atoms with Crippen molar-refractivity contribution in [2.75, 3.05) is 14.7 Å². The van der Waals surface area contributed by atoms with Crippen molar-refractivity contribution in [3.8, 4) is 44.5 Å². The molecule has 0 fully saturated rings. The summed E-state index contributed by atoms with van der Waals surface area (Å²) in [5.41, 5.74) is 22.7. The van der Waals surface area contributed by atoms with Gasteiger partial charge in [0.15, 0.2) is 0 Å². The summed E-state index contributed by atoms with van der Waals surface area (Å²) in [4.78, 5) is 16.2. The standard InChI is InChI=1S/C64H44BN5/c1-6-16-45(17-7-1)49-26-28-58-60(41-49)70(57-39-50(47-30-34-66-35-31-47)38-51(40-57)48-32-36-67-37-33-48)63-43-52(46-18-8-2-9-19-46)42-62-64(63)65(58)59-29-27-56(44-61(59)69(62)55-24-14-5-15-25-55)68(53-20-10-3-11-21-53)54-22-12-4-13-23-54/h1-44H. The molecule has 0 unspecified atom stereocenters. The number of anilines is 9. The maximum absolute atomic E-state index is 4.40. The third kappa shape index (κ3) is 7.22. The van der Waals surface area contributed by atoms with Crippen LogP contribution in [0.15, 0.2) is 267 Å². The first-order chi connectivity index (χ1) is 34.7. The number of para-hydroxylation sites is 3. The van der Waals surface area contributed by atoms with Crippen molar-refractivity contribution in [2.45, 2.75) is 0 Å². The summed E-state index contributed by atoms with van der Waals surface area (Å²) < 4.78 is 0. The molecule has 6 heteroatoms. The van der Waals surface area contributed by atoms with Gasteiger partial charge >= 0.3 is 0 Å². The molecule has 9 aromatic carbocycles. The predicted molar refractivity (Wildman–Crippen MR) is 292 cm³/mol. The third-order valence-corrected chi connectivity index (χ3v) is 13.8. The highest BCUT2D eigenvalue weighted by Gasteiger charge is 2.44. The summed E-state index contributed by atoms with van der Waals surface area (Å²) >= 11 is 0. The Balaban J connectivity index is 1.13. The summed E-state index contributed by atoms with van der Waals surface area (Å²) in [6, 6.07) is 88.3. The molecule has 2 aliphatic heterocycles. The van der Waals surface area contributed by atoms with Gasteiger partial charge < -0.3 is 14.7 Å². The maximum atomic E-state index is 4.40. The van der Waals surface area contributed by atoms with Crippen LogP contribution in [0.25, 0.3) is 44.5 Å².